The van der Waals surface area contributed by atoms with Crippen LogP contribution < -0.4 is 16.8 Å². The van der Waals surface area contributed by atoms with Gasteiger partial charge in [-0.3, -0.25) is 9.78 Å². The molecule has 5 N–H and O–H groups in total. The van der Waals surface area contributed by atoms with E-state index in [9.17, 15) is 4.79 Å². The summed E-state index contributed by atoms with van der Waals surface area (Å²) in [6.07, 6.45) is 6.68. The Kier molecular flexibility index (Phi) is 3.68. The van der Waals surface area contributed by atoms with Gasteiger partial charge in [-0.05, 0) is 0 Å². The summed E-state index contributed by atoms with van der Waals surface area (Å²) in [6.45, 7) is 1.92. The SMILES string of the molecule is CC(=O)NCC=Cc1cncc(N)c1N. The van der Waals surface area contributed by atoms with Gasteiger partial charge in [-0.2, -0.15) is 0 Å². The lowest BCUT2D eigenvalue weighted by atomic mass is 10.2. The molecule has 0 spiro atoms. The van der Waals surface area contributed by atoms with E-state index in [0.717, 1.165) is 5.56 Å². The maximum Gasteiger partial charge on any atom is 0.217 e. The van der Waals surface area contributed by atoms with Crippen molar-refractivity contribution in [3.05, 3.63) is 24.0 Å². The van der Waals surface area contributed by atoms with Crippen LogP contribution in [0.3, 0.4) is 0 Å². The average Bonchev–Trinajstić information content (AvgIpc) is 2.18. The highest BCUT2D eigenvalue weighted by Crippen LogP contribution is 2.18. The van der Waals surface area contributed by atoms with Crippen molar-refractivity contribution in [2.45, 2.75) is 6.92 Å². The van der Waals surface area contributed by atoms with Gasteiger partial charge in [-0.25, -0.2) is 0 Å². The van der Waals surface area contributed by atoms with Crippen molar-refractivity contribution in [1.82, 2.24) is 10.3 Å². The lowest BCUT2D eigenvalue weighted by Crippen LogP contribution is -2.19. The van der Waals surface area contributed by atoms with Crippen LogP contribution in [0.4, 0.5) is 11.4 Å². The zero-order valence-electron chi connectivity index (χ0n) is 8.53. The van der Waals surface area contributed by atoms with E-state index >= 15 is 0 Å². The van der Waals surface area contributed by atoms with Crippen LogP contribution in [0.1, 0.15) is 12.5 Å². The number of nitrogen functional groups attached to an aromatic ring is 2. The molecule has 0 aromatic carbocycles. The predicted molar refractivity (Wildman–Crippen MR) is 60.8 cm³/mol. The molecule has 0 aliphatic carbocycles. The van der Waals surface area contributed by atoms with Gasteiger partial charge in [-0.15, -0.1) is 0 Å². The van der Waals surface area contributed by atoms with Crippen molar-refractivity contribution in [2.75, 3.05) is 18.0 Å². The Morgan fingerprint density at radius 3 is 2.93 bits per heavy atom. The molecule has 5 nitrogen and oxygen atoms in total. The summed E-state index contributed by atoms with van der Waals surface area (Å²) in [4.78, 5) is 14.5. The fourth-order valence-corrected chi connectivity index (χ4v) is 1.02. The molecule has 0 bridgehead atoms. The zero-order valence-corrected chi connectivity index (χ0v) is 8.53. The Morgan fingerprint density at radius 1 is 1.53 bits per heavy atom. The molecule has 5 heteroatoms. The molecule has 1 rings (SSSR count). The number of anilines is 2. The van der Waals surface area contributed by atoms with Crippen LogP contribution in [0.15, 0.2) is 18.5 Å². The highest BCUT2D eigenvalue weighted by Gasteiger charge is 1.98. The van der Waals surface area contributed by atoms with Crippen molar-refractivity contribution < 1.29 is 4.79 Å². The normalized spacial score (nSPS) is 10.5. The molecule has 1 heterocycles. The van der Waals surface area contributed by atoms with Crippen molar-refractivity contribution in [3.63, 3.8) is 0 Å². The molecule has 0 saturated heterocycles. The molecule has 0 fully saturated rings. The van der Waals surface area contributed by atoms with Gasteiger partial charge in [0.2, 0.25) is 5.91 Å². The van der Waals surface area contributed by atoms with Crippen LogP contribution in [0.25, 0.3) is 6.08 Å². The number of hydrogen-bond donors (Lipinski definition) is 3. The number of carbonyl (C=O) groups is 1. The highest BCUT2D eigenvalue weighted by atomic mass is 16.1. The summed E-state index contributed by atoms with van der Waals surface area (Å²) < 4.78 is 0. The monoisotopic (exact) mass is 206 g/mol. The zero-order chi connectivity index (χ0) is 11.3. The molecule has 0 aliphatic heterocycles. The molecule has 1 aromatic heterocycles. The van der Waals surface area contributed by atoms with Crippen LogP contribution in [-0.2, 0) is 4.79 Å². The Labute approximate surface area is 88.2 Å². The molecule has 80 valence electrons. The fourth-order valence-electron chi connectivity index (χ4n) is 1.02. The van der Waals surface area contributed by atoms with Crippen LogP contribution in [0.5, 0.6) is 0 Å². The van der Waals surface area contributed by atoms with E-state index in [2.05, 4.69) is 10.3 Å². The first kappa shape index (κ1) is 11.0. The molecule has 15 heavy (non-hydrogen) atoms. The van der Waals surface area contributed by atoms with Gasteiger partial charge in [0.15, 0.2) is 0 Å². The summed E-state index contributed by atoms with van der Waals surface area (Å²) >= 11 is 0. The van der Waals surface area contributed by atoms with Gasteiger partial charge in [0.1, 0.15) is 0 Å². The van der Waals surface area contributed by atoms with Crippen molar-refractivity contribution >= 4 is 23.4 Å². The minimum Gasteiger partial charge on any atom is -0.396 e. The molecule has 0 aliphatic rings. The number of nitrogens with one attached hydrogen (secondary N) is 1. The number of pyridine rings is 1. The molecule has 0 atom stereocenters. The van der Waals surface area contributed by atoms with Gasteiger partial charge >= 0.3 is 0 Å². The third-order valence-electron chi connectivity index (χ3n) is 1.82. The Balaban J connectivity index is 2.64. The quantitative estimate of drug-likeness (QED) is 0.667. The van der Waals surface area contributed by atoms with Crippen molar-refractivity contribution in [1.29, 1.82) is 0 Å². The minimum atomic E-state index is -0.0710. The first-order chi connectivity index (χ1) is 7.11. The standard InChI is InChI=1S/C10H14N4O/c1-7(15)14-4-2-3-8-5-13-6-9(11)10(8)12/h2-3,5-6H,4,11H2,1H3,(H2,12,13)(H,14,15). The number of nitrogens with two attached hydrogens (primary N) is 2. The molecular formula is C10H14N4O. The second-order valence-electron chi connectivity index (χ2n) is 3.07. The molecule has 0 radical (unpaired) electrons. The van der Waals surface area contributed by atoms with Crippen LogP contribution >= 0.6 is 0 Å². The average molecular weight is 206 g/mol. The second kappa shape index (κ2) is 4.99. The first-order valence-corrected chi connectivity index (χ1v) is 4.51. The Morgan fingerprint density at radius 2 is 2.27 bits per heavy atom. The van der Waals surface area contributed by atoms with Crippen LogP contribution in [-0.4, -0.2) is 17.4 Å². The van der Waals surface area contributed by atoms with E-state index in [1.54, 1.807) is 18.3 Å². The highest BCUT2D eigenvalue weighted by molar-refractivity contribution is 5.75. The lowest BCUT2D eigenvalue weighted by Gasteiger charge is -2.02. The largest absolute Gasteiger partial charge is 0.396 e. The Hall–Kier alpha value is -2.04. The maximum atomic E-state index is 10.6. The van der Waals surface area contributed by atoms with E-state index < -0.39 is 0 Å². The molecular weight excluding hydrogens is 192 g/mol. The lowest BCUT2D eigenvalue weighted by molar-refractivity contribution is -0.118. The topological polar surface area (TPSA) is 94.0 Å². The van der Waals surface area contributed by atoms with Crippen LogP contribution in [0.2, 0.25) is 0 Å². The number of aromatic nitrogens is 1. The molecule has 0 unspecified atom stereocenters. The summed E-state index contributed by atoms with van der Waals surface area (Å²) in [7, 11) is 0. The fraction of sp³-hybridized carbons (Fsp3) is 0.200. The first-order valence-electron chi connectivity index (χ1n) is 4.51. The second-order valence-corrected chi connectivity index (χ2v) is 3.07. The number of nitrogens with zero attached hydrogens (tertiary/aromatic N) is 1. The van der Waals surface area contributed by atoms with Gasteiger partial charge in [0.05, 0.1) is 17.6 Å². The minimum absolute atomic E-state index is 0.0710. The van der Waals surface area contributed by atoms with Gasteiger partial charge in [0.25, 0.3) is 0 Å². The molecule has 0 saturated carbocycles. The van der Waals surface area contributed by atoms with Crippen molar-refractivity contribution in [3.8, 4) is 0 Å². The van der Waals surface area contributed by atoms with E-state index in [-0.39, 0.29) is 5.91 Å². The Bertz CT molecular complexity index is 387. The third kappa shape index (κ3) is 3.30. The summed E-state index contributed by atoms with van der Waals surface area (Å²) in [5, 5.41) is 2.63. The van der Waals surface area contributed by atoms with E-state index in [1.807, 2.05) is 0 Å². The van der Waals surface area contributed by atoms with Gasteiger partial charge in [-0.1, -0.05) is 12.2 Å². The van der Waals surface area contributed by atoms with Gasteiger partial charge < -0.3 is 16.8 Å². The number of hydrogen-bond acceptors (Lipinski definition) is 4. The maximum absolute atomic E-state index is 10.6. The third-order valence-corrected chi connectivity index (χ3v) is 1.82. The number of carbonyl (C=O) groups excluding carboxylic acids is 1. The predicted octanol–water partition coefficient (Wildman–Crippen LogP) is 0.395. The smallest absolute Gasteiger partial charge is 0.217 e. The van der Waals surface area contributed by atoms with E-state index in [1.165, 1.54) is 13.1 Å². The van der Waals surface area contributed by atoms with Gasteiger partial charge in [0, 0.05) is 25.2 Å². The van der Waals surface area contributed by atoms with E-state index in [4.69, 9.17) is 11.5 Å². The number of rotatable bonds is 3. The summed E-state index contributed by atoms with van der Waals surface area (Å²) in [6, 6.07) is 0. The van der Waals surface area contributed by atoms with Crippen LogP contribution in [0, 0.1) is 0 Å². The van der Waals surface area contributed by atoms with E-state index in [0.29, 0.717) is 17.9 Å². The number of amides is 1. The summed E-state index contributed by atoms with van der Waals surface area (Å²) in [5.74, 6) is -0.0710. The molecule has 1 aromatic rings. The van der Waals surface area contributed by atoms with Crippen molar-refractivity contribution in [2.24, 2.45) is 0 Å². The molecule has 1 amide bonds. The summed E-state index contributed by atoms with van der Waals surface area (Å²) in [5.41, 5.74) is 13.0.